The van der Waals surface area contributed by atoms with E-state index in [1.807, 2.05) is 41.5 Å². The van der Waals surface area contributed by atoms with Gasteiger partial charge >= 0.3 is 17.9 Å². The molecule has 3 heterocycles. The first-order valence-corrected chi connectivity index (χ1v) is 28.5. The third-order valence-corrected chi connectivity index (χ3v) is 21.6. The maximum atomic E-state index is 13.9. The Bertz CT molecular complexity index is 2330. The Labute approximate surface area is 467 Å². The first-order valence-electron chi connectivity index (χ1n) is 28.5. The van der Waals surface area contributed by atoms with E-state index in [4.69, 9.17) is 37.9 Å². The molecule has 7 fully saturated rings. The van der Waals surface area contributed by atoms with Gasteiger partial charge in [-0.15, -0.1) is 0 Å². The third-order valence-electron chi connectivity index (χ3n) is 21.6. The van der Waals surface area contributed by atoms with E-state index in [1.165, 1.54) is 0 Å². The van der Waals surface area contributed by atoms with Crippen molar-refractivity contribution in [2.45, 2.75) is 238 Å². The van der Waals surface area contributed by atoms with Crippen LogP contribution in [-0.2, 0) is 52.3 Å². The number of carbonyl (C=O) groups is 3. The van der Waals surface area contributed by atoms with E-state index in [-0.39, 0.29) is 11.8 Å². The number of hydrogen-bond acceptors (Lipinski definition) is 22. The second kappa shape index (κ2) is 22.9. The van der Waals surface area contributed by atoms with Crippen LogP contribution < -0.4 is 0 Å². The van der Waals surface area contributed by atoms with Gasteiger partial charge in [-0.25, -0.2) is 9.59 Å². The molecule has 0 aromatic heterocycles. The fourth-order valence-electron chi connectivity index (χ4n) is 16.2. The highest BCUT2D eigenvalue weighted by atomic mass is 16.8. The van der Waals surface area contributed by atoms with Gasteiger partial charge < -0.3 is 99.2 Å². The summed E-state index contributed by atoms with van der Waals surface area (Å²) in [7, 11) is 0. The molecule has 23 nitrogen and oxygen atoms in total. The molecule has 0 aromatic carbocycles. The number of allylic oxidation sites excluding steroid dienone is 2. The molecule has 8 rings (SSSR count). The summed E-state index contributed by atoms with van der Waals surface area (Å²) < 4.78 is 49.0. The van der Waals surface area contributed by atoms with Crippen molar-refractivity contribution >= 4 is 17.9 Å². The number of rotatable bonds is 14. The molecular weight excluding hydrogens is 1050 g/mol. The standard InChI is InChI=1S/C57H90O23/c1-12-24(3)47(71)79-44-45(80-48(72)25(4)13-2)57(23-59)27(20-52(44,5)6)26-14-15-31-54(9)18-17-32(53(7,8)30(54)16-19-55(31,10)56(26,11)42(67)43(57)68)75-51-41(78-50-37(65)35(63)34(62)29(21-58)74-50)39(38(66)40(77-51)46(69)70)76-49-36(64)33(61)28(60)22-73-49/h12,14,25,27-45,49-51,58-68H,13,15-23H2,1-11H3,(H,69,70)/b24-12-/t25?,27?,28-,29?,30?,31?,32+,33-,34+,35-,36?,37?,38+,39-,40?,41?,42+,43-,44+,45+,49+,50+,51-,54+,55-,56+,57+/m1/s1. The molecule has 0 radical (unpaired) electrons. The summed E-state index contributed by atoms with van der Waals surface area (Å²) in [5, 5.41) is 134. The summed E-state index contributed by atoms with van der Waals surface area (Å²) in [4.78, 5) is 40.4. The van der Waals surface area contributed by atoms with Gasteiger partial charge in [-0.3, -0.25) is 4.79 Å². The van der Waals surface area contributed by atoms with Gasteiger partial charge in [0.1, 0.15) is 67.1 Å². The van der Waals surface area contributed by atoms with Crippen LogP contribution in [0.25, 0.3) is 0 Å². The van der Waals surface area contributed by atoms with Gasteiger partial charge in [0.25, 0.3) is 0 Å². The molecular formula is C57H90O23. The summed E-state index contributed by atoms with van der Waals surface area (Å²) in [6, 6.07) is 0. The fourth-order valence-corrected chi connectivity index (χ4v) is 16.2. The molecule has 27 atom stereocenters. The van der Waals surface area contributed by atoms with Crippen molar-refractivity contribution in [3.63, 3.8) is 0 Å². The van der Waals surface area contributed by atoms with Gasteiger partial charge in [0.15, 0.2) is 31.1 Å². The van der Waals surface area contributed by atoms with Crippen molar-refractivity contribution < 1.29 is 114 Å². The lowest BCUT2D eigenvalue weighted by Crippen LogP contribution is -2.76. The molecule has 4 saturated carbocycles. The highest BCUT2D eigenvalue weighted by Gasteiger charge is 2.76. The van der Waals surface area contributed by atoms with Crippen LogP contribution in [0.3, 0.4) is 0 Å². The maximum absolute atomic E-state index is 13.9. The average molecular weight is 1140 g/mol. The van der Waals surface area contributed by atoms with Crippen LogP contribution in [-0.4, -0.2) is 216 Å². The lowest BCUT2D eigenvalue weighted by molar-refractivity contribution is -0.392. The molecule has 0 bridgehead atoms. The number of hydrogen-bond donors (Lipinski definition) is 12. The number of ether oxygens (including phenoxy) is 8. The molecule has 12 N–H and O–H groups in total. The number of fused-ring (bicyclic) bond motifs is 7. The molecule has 0 spiro atoms. The molecule has 3 aliphatic heterocycles. The zero-order chi connectivity index (χ0) is 59.3. The number of esters is 2. The van der Waals surface area contributed by atoms with E-state index in [9.17, 15) is 75.7 Å². The zero-order valence-electron chi connectivity index (χ0n) is 47.9. The predicted octanol–water partition coefficient (Wildman–Crippen LogP) is 0.343. The Morgan fingerprint density at radius 1 is 0.750 bits per heavy atom. The third kappa shape index (κ3) is 9.93. The normalized spacial score (nSPS) is 49.4. The van der Waals surface area contributed by atoms with Crippen LogP contribution in [0.2, 0.25) is 0 Å². The van der Waals surface area contributed by atoms with Crippen LogP contribution in [0.4, 0.5) is 0 Å². The van der Waals surface area contributed by atoms with Crippen molar-refractivity contribution in [2.75, 3.05) is 19.8 Å². The monoisotopic (exact) mass is 1140 g/mol. The van der Waals surface area contributed by atoms with Gasteiger partial charge in [0.2, 0.25) is 0 Å². The minimum absolute atomic E-state index is 0.146. The number of carboxylic acid groups (broad SMARTS) is 1. The first kappa shape index (κ1) is 63.2. The van der Waals surface area contributed by atoms with Crippen LogP contribution in [0.5, 0.6) is 0 Å². The molecule has 0 aromatic rings. The molecule has 456 valence electrons. The molecule has 5 aliphatic carbocycles. The quantitative estimate of drug-likeness (QED) is 0.0483. The Kier molecular flexibility index (Phi) is 18.1. The van der Waals surface area contributed by atoms with E-state index in [0.717, 1.165) is 5.57 Å². The molecule has 23 heteroatoms. The number of carboxylic acids is 1. The Morgan fingerprint density at radius 2 is 1.40 bits per heavy atom. The zero-order valence-corrected chi connectivity index (χ0v) is 47.9. The number of aliphatic hydroxyl groups is 11. The van der Waals surface area contributed by atoms with Crippen LogP contribution >= 0.6 is 0 Å². The predicted molar refractivity (Wildman–Crippen MR) is 277 cm³/mol. The summed E-state index contributed by atoms with van der Waals surface area (Å²) in [6.45, 7) is 19.0. The topological polar surface area (TPSA) is 368 Å². The van der Waals surface area contributed by atoms with E-state index in [0.29, 0.717) is 50.5 Å². The lowest BCUT2D eigenvalue weighted by Gasteiger charge is -2.73. The highest BCUT2D eigenvalue weighted by Crippen LogP contribution is 2.76. The van der Waals surface area contributed by atoms with Gasteiger partial charge in [-0.05, 0) is 92.8 Å². The number of carbonyl (C=O) groups excluding carboxylic acids is 2. The van der Waals surface area contributed by atoms with Crippen LogP contribution in [0, 0.1) is 56.2 Å². The summed E-state index contributed by atoms with van der Waals surface area (Å²) in [5.74, 6) is -4.40. The van der Waals surface area contributed by atoms with Gasteiger partial charge in [0.05, 0.1) is 49.5 Å². The summed E-state index contributed by atoms with van der Waals surface area (Å²) in [6.07, 6.45) is -25.3. The van der Waals surface area contributed by atoms with Gasteiger partial charge in [-0.1, -0.05) is 80.0 Å². The van der Waals surface area contributed by atoms with Crippen molar-refractivity contribution in [2.24, 2.45) is 56.2 Å². The van der Waals surface area contributed by atoms with Gasteiger partial charge in [0, 0.05) is 16.4 Å². The Hall–Kier alpha value is -2.79. The van der Waals surface area contributed by atoms with Crippen molar-refractivity contribution in [1.29, 1.82) is 0 Å². The van der Waals surface area contributed by atoms with E-state index in [2.05, 4.69) is 19.9 Å². The van der Waals surface area contributed by atoms with E-state index in [1.54, 1.807) is 26.8 Å². The minimum Gasteiger partial charge on any atom is -0.479 e. The van der Waals surface area contributed by atoms with Crippen LogP contribution in [0.1, 0.15) is 121 Å². The smallest absolute Gasteiger partial charge is 0.335 e. The van der Waals surface area contributed by atoms with Crippen molar-refractivity contribution in [3.8, 4) is 0 Å². The number of aliphatic carboxylic acids is 1. The average Bonchev–Trinajstić information content (AvgIpc) is 1.80. The summed E-state index contributed by atoms with van der Waals surface area (Å²) >= 11 is 0. The molecule has 80 heavy (non-hydrogen) atoms. The maximum Gasteiger partial charge on any atom is 0.335 e. The minimum atomic E-state index is -2.13. The second-order valence-corrected chi connectivity index (χ2v) is 26.4. The van der Waals surface area contributed by atoms with Crippen molar-refractivity contribution in [1.82, 2.24) is 0 Å². The molecule has 3 saturated heterocycles. The van der Waals surface area contributed by atoms with Crippen molar-refractivity contribution in [3.05, 3.63) is 23.3 Å². The van der Waals surface area contributed by atoms with E-state index >= 15 is 0 Å². The first-order chi connectivity index (χ1) is 37.3. The fraction of sp³-hybridized carbons (Fsp3) is 0.877. The lowest BCUT2D eigenvalue weighted by atomic mass is 9.32. The van der Waals surface area contributed by atoms with E-state index < -0.39 is 199 Å². The van der Waals surface area contributed by atoms with Crippen LogP contribution in [0.15, 0.2) is 23.3 Å². The highest BCUT2D eigenvalue weighted by molar-refractivity contribution is 5.87. The number of aliphatic hydroxyl groups excluding tert-OH is 11. The van der Waals surface area contributed by atoms with Gasteiger partial charge in [-0.2, -0.15) is 0 Å². The Balaban J connectivity index is 1.14. The molecule has 8 aliphatic rings. The SMILES string of the molecule is C/C=C(/C)C(=O)O[C@H]1[C@H](OC(=O)C(C)CC)[C@@]2(CO)C(CC1(C)C)C1=CCC3[C@@]4(C)CC[C@H](O[C@@H]5OC(C(=O)O)[C@@H](O)[C@@H](O[C@@H]6OC[C@@H](O)[C@@H](O)C6O)C5O[C@@H]5OC(CO)[C@H](O)[C@@H](O)C5O)C(C)(C)C4CC[C@@]3(C)[C@]1(C)[C@@H](O)[C@H]2O. The largest absolute Gasteiger partial charge is 0.479 e. The summed E-state index contributed by atoms with van der Waals surface area (Å²) in [5.41, 5.74) is -4.56. The molecule has 9 unspecified atom stereocenters. The second-order valence-electron chi connectivity index (χ2n) is 26.4. The Morgan fingerprint density at radius 3 is 2.01 bits per heavy atom. The molecule has 0 amide bonds.